The number of hydrogen-bond donors (Lipinski definition) is 0. The fourth-order valence-electron chi connectivity index (χ4n) is 5.24. The molecule has 2 nitrogen and oxygen atoms in total. The van der Waals surface area contributed by atoms with E-state index in [1.54, 1.807) is 5.57 Å². The van der Waals surface area contributed by atoms with E-state index >= 15 is 0 Å². The topological polar surface area (TPSA) is 6.48 Å². The van der Waals surface area contributed by atoms with Crippen molar-refractivity contribution in [1.82, 2.24) is 9.80 Å². The Morgan fingerprint density at radius 1 is 1.17 bits per heavy atom. The van der Waals surface area contributed by atoms with Crippen LogP contribution in [0.15, 0.2) is 11.6 Å². The molecule has 4 aliphatic rings. The van der Waals surface area contributed by atoms with E-state index in [1.807, 2.05) is 0 Å². The highest BCUT2D eigenvalue weighted by molar-refractivity contribution is 5.23. The van der Waals surface area contributed by atoms with Crippen molar-refractivity contribution in [2.24, 2.45) is 11.8 Å². The molecule has 100 valence electrons. The summed E-state index contributed by atoms with van der Waals surface area (Å²) in [6.45, 7) is 4.07. The van der Waals surface area contributed by atoms with Crippen molar-refractivity contribution in [1.29, 1.82) is 0 Å². The normalized spacial score (nSPS) is 45.1. The maximum Gasteiger partial charge on any atom is 0.0345 e. The molecular weight excluding hydrogens is 220 g/mol. The number of likely N-dealkylation sites (N-methyl/N-ethyl adjacent to an activating group) is 1. The Hall–Kier alpha value is -0.340. The second kappa shape index (κ2) is 4.35. The first-order valence-corrected chi connectivity index (χ1v) is 7.98. The predicted octanol–water partition coefficient (Wildman–Crippen LogP) is 2.51. The van der Waals surface area contributed by atoms with Crippen molar-refractivity contribution in [3.05, 3.63) is 11.6 Å². The minimum atomic E-state index is 0.790. The van der Waals surface area contributed by atoms with Gasteiger partial charge in [-0.1, -0.05) is 18.1 Å². The van der Waals surface area contributed by atoms with E-state index < -0.39 is 0 Å². The summed E-state index contributed by atoms with van der Waals surface area (Å²) in [6, 6.07) is 1.69. The van der Waals surface area contributed by atoms with Crippen LogP contribution in [0.5, 0.6) is 0 Å². The molecule has 0 N–H and O–H groups in total. The molecule has 0 aromatic heterocycles. The summed E-state index contributed by atoms with van der Waals surface area (Å²) in [5, 5.41) is 0. The van der Waals surface area contributed by atoms with Crippen LogP contribution >= 0.6 is 0 Å². The van der Waals surface area contributed by atoms with E-state index in [2.05, 4.69) is 22.9 Å². The monoisotopic (exact) mass is 246 g/mol. The van der Waals surface area contributed by atoms with Crippen molar-refractivity contribution in [3.63, 3.8) is 0 Å². The van der Waals surface area contributed by atoms with Crippen LogP contribution in [0, 0.1) is 11.8 Å². The summed E-state index contributed by atoms with van der Waals surface area (Å²) in [4.78, 5) is 5.47. The second-order valence-electron chi connectivity index (χ2n) is 6.99. The quantitative estimate of drug-likeness (QED) is 0.606. The SMILES string of the molecule is CN1CCCC2=C[C@H]3C[C@H](CN4CCCC[C@H]34)[C@@H]21. The Morgan fingerprint density at radius 3 is 3.06 bits per heavy atom. The van der Waals surface area contributed by atoms with Crippen molar-refractivity contribution < 1.29 is 0 Å². The van der Waals surface area contributed by atoms with Crippen LogP contribution in [0.2, 0.25) is 0 Å². The predicted molar refractivity (Wildman–Crippen MR) is 74.5 cm³/mol. The summed E-state index contributed by atoms with van der Waals surface area (Å²) >= 11 is 0. The maximum absolute atomic E-state index is 2.83. The Labute approximate surface area is 111 Å². The second-order valence-corrected chi connectivity index (χ2v) is 6.99. The van der Waals surface area contributed by atoms with Crippen LogP contribution in [0.4, 0.5) is 0 Å². The van der Waals surface area contributed by atoms with Gasteiger partial charge in [0, 0.05) is 18.6 Å². The van der Waals surface area contributed by atoms with Gasteiger partial charge in [-0.05, 0) is 64.1 Å². The molecule has 0 radical (unpaired) electrons. The summed E-state index contributed by atoms with van der Waals surface area (Å²) in [7, 11) is 2.35. The molecule has 0 amide bonds. The Morgan fingerprint density at radius 2 is 2.11 bits per heavy atom. The lowest BCUT2D eigenvalue weighted by Gasteiger charge is -2.54. The molecule has 2 heteroatoms. The smallest absolute Gasteiger partial charge is 0.0345 e. The van der Waals surface area contributed by atoms with E-state index in [9.17, 15) is 0 Å². The van der Waals surface area contributed by atoms with E-state index in [-0.39, 0.29) is 0 Å². The van der Waals surface area contributed by atoms with Gasteiger partial charge in [0.05, 0.1) is 0 Å². The van der Waals surface area contributed by atoms with E-state index in [0.717, 1.165) is 23.9 Å². The summed E-state index contributed by atoms with van der Waals surface area (Å²) < 4.78 is 0. The van der Waals surface area contributed by atoms with Crippen molar-refractivity contribution in [2.45, 2.75) is 50.6 Å². The van der Waals surface area contributed by atoms with E-state index in [0.29, 0.717) is 0 Å². The number of likely N-dealkylation sites (tertiary alicyclic amines) is 1. The minimum Gasteiger partial charge on any atom is -0.299 e. The van der Waals surface area contributed by atoms with Gasteiger partial charge in [0.1, 0.15) is 0 Å². The maximum atomic E-state index is 2.83. The van der Waals surface area contributed by atoms with Gasteiger partial charge in [0.2, 0.25) is 0 Å². The fourth-order valence-corrected chi connectivity index (χ4v) is 5.24. The van der Waals surface area contributed by atoms with Gasteiger partial charge in [-0.2, -0.15) is 0 Å². The highest BCUT2D eigenvalue weighted by Gasteiger charge is 2.44. The molecule has 0 aromatic carbocycles. The van der Waals surface area contributed by atoms with Gasteiger partial charge in [0.15, 0.2) is 0 Å². The van der Waals surface area contributed by atoms with Crippen LogP contribution < -0.4 is 0 Å². The van der Waals surface area contributed by atoms with Crippen molar-refractivity contribution >= 4 is 0 Å². The van der Waals surface area contributed by atoms with Gasteiger partial charge >= 0.3 is 0 Å². The molecule has 18 heavy (non-hydrogen) atoms. The number of rotatable bonds is 0. The summed E-state index contributed by atoms with van der Waals surface area (Å²) in [5.41, 5.74) is 1.80. The summed E-state index contributed by atoms with van der Waals surface area (Å²) in [5.74, 6) is 1.82. The molecule has 0 unspecified atom stereocenters. The van der Waals surface area contributed by atoms with Gasteiger partial charge in [-0.25, -0.2) is 0 Å². The zero-order valence-corrected chi connectivity index (χ0v) is 11.6. The van der Waals surface area contributed by atoms with Crippen LogP contribution in [0.25, 0.3) is 0 Å². The largest absolute Gasteiger partial charge is 0.299 e. The molecule has 4 rings (SSSR count). The standard InChI is InChI=1S/C16H26N2/c1-17-7-4-5-12-9-13-10-14(16(12)17)11-18-8-3-2-6-15(13)18/h9,13-16H,2-8,10-11H2,1H3/t13-,14+,15+,16+/m0/s1. The number of piperidine rings is 3. The average molecular weight is 246 g/mol. The molecule has 0 aromatic rings. The third-order valence-corrected chi connectivity index (χ3v) is 5.91. The molecule has 0 saturated carbocycles. The van der Waals surface area contributed by atoms with Crippen molar-refractivity contribution in [3.8, 4) is 0 Å². The number of hydrogen-bond acceptors (Lipinski definition) is 2. The van der Waals surface area contributed by atoms with Gasteiger partial charge in [-0.3, -0.25) is 9.80 Å². The zero-order valence-electron chi connectivity index (χ0n) is 11.6. The van der Waals surface area contributed by atoms with Crippen LogP contribution in [0.3, 0.4) is 0 Å². The fraction of sp³-hybridized carbons (Fsp3) is 0.875. The Bertz CT molecular complexity index is 362. The van der Waals surface area contributed by atoms with Crippen molar-refractivity contribution in [2.75, 3.05) is 26.7 Å². The van der Waals surface area contributed by atoms with Crippen LogP contribution in [-0.2, 0) is 0 Å². The first-order chi connectivity index (χ1) is 8.83. The molecule has 0 spiro atoms. The third kappa shape index (κ3) is 1.69. The summed E-state index contributed by atoms with van der Waals surface area (Å²) in [6.07, 6.45) is 11.3. The zero-order chi connectivity index (χ0) is 12.1. The molecule has 4 atom stereocenters. The molecule has 3 fully saturated rings. The average Bonchev–Trinajstić information content (AvgIpc) is 2.39. The Kier molecular flexibility index (Phi) is 2.77. The lowest BCUT2D eigenvalue weighted by Crippen LogP contribution is -2.58. The molecule has 3 heterocycles. The molecule has 3 saturated heterocycles. The number of fused-ring (bicyclic) bond motifs is 6. The Balaban J connectivity index is 1.66. The van der Waals surface area contributed by atoms with Gasteiger partial charge in [0.25, 0.3) is 0 Å². The first-order valence-electron chi connectivity index (χ1n) is 7.98. The highest BCUT2D eigenvalue weighted by atomic mass is 15.2. The lowest BCUT2D eigenvalue weighted by molar-refractivity contribution is 0.00520. The van der Waals surface area contributed by atoms with Crippen LogP contribution in [0.1, 0.15) is 38.5 Å². The molecule has 2 bridgehead atoms. The minimum absolute atomic E-state index is 0.790. The molecular formula is C16H26N2. The third-order valence-electron chi connectivity index (χ3n) is 5.91. The number of nitrogens with zero attached hydrogens (tertiary/aromatic N) is 2. The van der Waals surface area contributed by atoms with Gasteiger partial charge in [-0.15, -0.1) is 0 Å². The molecule has 1 aliphatic carbocycles. The highest BCUT2D eigenvalue weighted by Crippen LogP contribution is 2.44. The van der Waals surface area contributed by atoms with Crippen LogP contribution in [-0.4, -0.2) is 48.6 Å². The van der Waals surface area contributed by atoms with E-state index in [4.69, 9.17) is 0 Å². The first kappa shape index (κ1) is 11.5. The molecule has 3 aliphatic heterocycles. The lowest BCUT2D eigenvalue weighted by atomic mass is 9.68. The van der Waals surface area contributed by atoms with Gasteiger partial charge < -0.3 is 0 Å². The van der Waals surface area contributed by atoms with E-state index in [1.165, 1.54) is 58.2 Å².